The molecule has 1 aromatic heterocycles. The van der Waals surface area contributed by atoms with Crippen molar-refractivity contribution in [2.75, 3.05) is 31.6 Å². The average Bonchev–Trinajstić information content (AvgIpc) is 3.27. The SMILES string of the molecule is O=C(O)C(F)(F)F.O=C1N=C(Nc2cc(C(=O)N3CCOCC3)ccc2Cl)S/C1=C\c1ccc2ncccc2c1. The predicted molar refractivity (Wildman–Crippen MR) is 145 cm³/mol. The fourth-order valence-corrected chi connectivity index (χ4v) is 4.61. The molecule has 0 saturated carbocycles. The number of carbonyl (C=O) groups excluding carboxylic acids is 2. The molecule has 14 heteroatoms. The number of morpholine rings is 1. The molecule has 0 aliphatic carbocycles. The van der Waals surface area contributed by atoms with Crippen LogP contribution in [0.15, 0.2) is 64.6 Å². The van der Waals surface area contributed by atoms with Crippen LogP contribution >= 0.6 is 23.4 Å². The maximum atomic E-state index is 12.8. The largest absolute Gasteiger partial charge is 0.490 e. The minimum absolute atomic E-state index is 0.0820. The first kappa shape index (κ1) is 29.1. The smallest absolute Gasteiger partial charge is 0.475 e. The number of halogens is 4. The molecular formula is C26H20ClF3N4O5S. The summed E-state index contributed by atoms with van der Waals surface area (Å²) in [5.41, 5.74) is 2.82. The lowest BCUT2D eigenvalue weighted by molar-refractivity contribution is -0.192. The zero-order valence-corrected chi connectivity index (χ0v) is 22.0. The van der Waals surface area contributed by atoms with E-state index in [9.17, 15) is 22.8 Å². The van der Waals surface area contributed by atoms with Gasteiger partial charge in [-0.05, 0) is 59.8 Å². The van der Waals surface area contributed by atoms with Crippen LogP contribution in [0.25, 0.3) is 17.0 Å². The van der Waals surface area contributed by atoms with Gasteiger partial charge in [0, 0.05) is 30.2 Å². The monoisotopic (exact) mass is 592 g/mol. The first-order valence-corrected chi connectivity index (χ1v) is 12.8. The molecule has 0 radical (unpaired) electrons. The zero-order valence-electron chi connectivity index (χ0n) is 20.4. The molecule has 0 atom stereocenters. The number of nitrogens with one attached hydrogen (secondary N) is 1. The topological polar surface area (TPSA) is 121 Å². The van der Waals surface area contributed by atoms with Crippen molar-refractivity contribution in [2.45, 2.75) is 6.18 Å². The van der Waals surface area contributed by atoms with E-state index in [0.717, 1.165) is 16.5 Å². The lowest BCUT2D eigenvalue weighted by Crippen LogP contribution is -2.40. The Hall–Kier alpha value is -3.94. The summed E-state index contributed by atoms with van der Waals surface area (Å²) in [7, 11) is 0. The van der Waals surface area contributed by atoms with Gasteiger partial charge in [-0.25, -0.2) is 4.79 Å². The van der Waals surface area contributed by atoms with E-state index in [1.54, 1.807) is 35.4 Å². The van der Waals surface area contributed by atoms with Crippen LogP contribution in [0.2, 0.25) is 5.02 Å². The molecule has 1 saturated heterocycles. The van der Waals surface area contributed by atoms with Crippen LogP contribution in [0.4, 0.5) is 18.9 Å². The van der Waals surface area contributed by atoms with Gasteiger partial charge >= 0.3 is 12.1 Å². The number of ether oxygens (including phenoxy) is 1. The maximum absolute atomic E-state index is 12.8. The number of hydrogen-bond donors (Lipinski definition) is 2. The number of thioether (sulfide) groups is 1. The number of nitrogens with zero attached hydrogens (tertiary/aromatic N) is 3. The van der Waals surface area contributed by atoms with Crippen LogP contribution in [0, 0.1) is 0 Å². The maximum Gasteiger partial charge on any atom is 0.490 e. The Kier molecular flexibility index (Phi) is 9.07. The zero-order chi connectivity index (χ0) is 28.9. The Morgan fingerprint density at radius 2 is 1.85 bits per heavy atom. The standard InChI is InChI=1S/C24H19ClN4O3S.C2HF3O2/c25-18-5-4-17(23(31)29-8-10-32-11-9-29)14-20(18)27-24-28-22(30)21(33-24)13-15-3-6-19-16(12-15)2-1-7-26-19;3-2(4,5)1(6)7/h1-7,12-14H,8-11H2,(H,27,28,30);(H,6,7)/b21-13-;. The minimum atomic E-state index is -5.08. The predicted octanol–water partition coefficient (Wildman–Crippen LogP) is 5.08. The first-order valence-electron chi connectivity index (χ1n) is 11.6. The number of alkyl halides is 3. The van der Waals surface area contributed by atoms with Crippen molar-refractivity contribution >= 4 is 69.0 Å². The number of amides is 2. The molecule has 0 unspecified atom stereocenters. The molecular weight excluding hydrogens is 573 g/mol. The number of fused-ring (bicyclic) bond motifs is 1. The summed E-state index contributed by atoms with van der Waals surface area (Å²) in [6, 6.07) is 14.7. The molecule has 3 heterocycles. The lowest BCUT2D eigenvalue weighted by atomic mass is 10.1. The molecule has 2 aliphatic rings. The third-order valence-electron chi connectivity index (χ3n) is 5.54. The molecule has 1 fully saturated rings. The van der Waals surface area contributed by atoms with Gasteiger partial charge in [-0.3, -0.25) is 14.6 Å². The van der Waals surface area contributed by atoms with Crippen LogP contribution in [0.3, 0.4) is 0 Å². The van der Waals surface area contributed by atoms with E-state index >= 15 is 0 Å². The molecule has 2 aromatic carbocycles. The number of pyridine rings is 1. The average molecular weight is 593 g/mol. The van der Waals surface area contributed by atoms with Gasteiger partial charge in [0.2, 0.25) is 0 Å². The number of anilines is 1. The van der Waals surface area contributed by atoms with Crippen molar-refractivity contribution in [3.05, 3.63) is 75.8 Å². The number of hydrogen-bond acceptors (Lipinski definition) is 7. The second-order valence-corrected chi connectivity index (χ2v) is 9.75. The fraction of sp³-hybridized carbons (Fsp3) is 0.192. The molecule has 9 nitrogen and oxygen atoms in total. The van der Waals surface area contributed by atoms with Gasteiger partial charge in [0.25, 0.3) is 11.8 Å². The third kappa shape index (κ3) is 7.37. The van der Waals surface area contributed by atoms with Crippen LogP contribution in [-0.2, 0) is 14.3 Å². The Morgan fingerprint density at radius 1 is 1.12 bits per heavy atom. The van der Waals surface area contributed by atoms with E-state index in [2.05, 4.69) is 15.3 Å². The summed E-state index contributed by atoms with van der Waals surface area (Å²) in [6.45, 7) is 2.17. The highest BCUT2D eigenvalue weighted by atomic mass is 35.5. The number of carbonyl (C=O) groups is 3. The summed E-state index contributed by atoms with van der Waals surface area (Å²) in [6.07, 6.45) is -1.53. The molecule has 2 aliphatic heterocycles. The molecule has 5 rings (SSSR count). The summed E-state index contributed by atoms with van der Waals surface area (Å²) < 4.78 is 37.1. The Balaban J connectivity index is 0.000000470. The second-order valence-electron chi connectivity index (χ2n) is 8.32. The molecule has 2 amide bonds. The number of aliphatic carboxylic acids is 1. The summed E-state index contributed by atoms with van der Waals surface area (Å²) >= 11 is 7.58. The number of amidine groups is 1. The number of aromatic nitrogens is 1. The van der Waals surface area contributed by atoms with Crippen molar-refractivity contribution in [1.82, 2.24) is 9.88 Å². The Morgan fingerprint density at radius 3 is 2.55 bits per heavy atom. The molecule has 0 bridgehead atoms. The molecule has 40 heavy (non-hydrogen) atoms. The number of rotatable bonds is 3. The lowest BCUT2D eigenvalue weighted by Gasteiger charge is -2.27. The molecule has 208 valence electrons. The van der Waals surface area contributed by atoms with E-state index in [0.29, 0.717) is 52.6 Å². The van der Waals surface area contributed by atoms with E-state index in [1.165, 1.54) is 11.8 Å². The van der Waals surface area contributed by atoms with Crippen LogP contribution in [0.5, 0.6) is 0 Å². The Labute approximate surface area is 234 Å². The van der Waals surface area contributed by atoms with Crippen molar-refractivity contribution in [3.8, 4) is 0 Å². The van der Waals surface area contributed by atoms with Crippen LogP contribution in [0.1, 0.15) is 15.9 Å². The van der Waals surface area contributed by atoms with Gasteiger partial charge in [0.1, 0.15) is 0 Å². The normalized spacial score (nSPS) is 16.4. The third-order valence-corrected chi connectivity index (χ3v) is 6.77. The summed E-state index contributed by atoms with van der Waals surface area (Å²) in [5.74, 6) is -3.17. The van der Waals surface area contributed by atoms with Gasteiger partial charge in [-0.15, -0.1) is 0 Å². The van der Waals surface area contributed by atoms with Crippen LogP contribution in [-0.4, -0.2) is 70.4 Å². The molecule has 3 aromatic rings. The van der Waals surface area contributed by atoms with Gasteiger partial charge in [-0.2, -0.15) is 18.2 Å². The number of carboxylic acid groups (broad SMARTS) is 1. The highest BCUT2D eigenvalue weighted by Crippen LogP contribution is 2.32. The van der Waals surface area contributed by atoms with E-state index in [-0.39, 0.29) is 11.8 Å². The van der Waals surface area contributed by atoms with Gasteiger partial charge in [-0.1, -0.05) is 23.7 Å². The molecule has 2 N–H and O–H groups in total. The highest BCUT2D eigenvalue weighted by Gasteiger charge is 2.38. The summed E-state index contributed by atoms with van der Waals surface area (Å²) in [4.78, 5) is 44.8. The van der Waals surface area contributed by atoms with Gasteiger partial charge < -0.3 is 20.1 Å². The van der Waals surface area contributed by atoms with E-state index < -0.39 is 12.1 Å². The first-order chi connectivity index (χ1) is 19.0. The van der Waals surface area contributed by atoms with Crippen molar-refractivity contribution in [2.24, 2.45) is 4.99 Å². The van der Waals surface area contributed by atoms with E-state index in [1.807, 2.05) is 30.3 Å². The van der Waals surface area contributed by atoms with Crippen molar-refractivity contribution < 1.29 is 37.4 Å². The summed E-state index contributed by atoms with van der Waals surface area (Å²) in [5, 5.41) is 12.1. The minimum Gasteiger partial charge on any atom is -0.475 e. The van der Waals surface area contributed by atoms with Gasteiger partial charge in [0.05, 0.1) is 34.3 Å². The highest BCUT2D eigenvalue weighted by molar-refractivity contribution is 8.18. The Bertz CT molecular complexity index is 1520. The van der Waals surface area contributed by atoms with Gasteiger partial charge in [0.15, 0.2) is 5.17 Å². The molecule has 0 spiro atoms. The second kappa shape index (κ2) is 12.5. The van der Waals surface area contributed by atoms with Crippen LogP contribution < -0.4 is 5.32 Å². The number of benzene rings is 2. The fourth-order valence-electron chi connectivity index (χ4n) is 3.62. The van der Waals surface area contributed by atoms with E-state index in [4.69, 9.17) is 26.2 Å². The quantitative estimate of drug-likeness (QED) is 0.404. The van der Waals surface area contributed by atoms with Crippen molar-refractivity contribution in [1.29, 1.82) is 0 Å². The number of aliphatic imine (C=N–C) groups is 1. The number of carboxylic acids is 1. The van der Waals surface area contributed by atoms with Crippen molar-refractivity contribution in [3.63, 3.8) is 0 Å².